The molecule has 2 aliphatic rings. The Morgan fingerprint density at radius 1 is 1.09 bits per heavy atom. The van der Waals surface area contributed by atoms with Crippen LogP contribution in [-0.4, -0.2) is 41.0 Å². The maximum absolute atomic E-state index is 4.85. The minimum absolute atomic E-state index is 1.03. The number of hydrogen-bond acceptors (Lipinski definition) is 6. The first kappa shape index (κ1) is 14.6. The van der Waals surface area contributed by atoms with Crippen molar-refractivity contribution in [1.29, 1.82) is 0 Å². The second-order valence-electron chi connectivity index (χ2n) is 6.22. The van der Waals surface area contributed by atoms with Crippen molar-refractivity contribution in [3.05, 3.63) is 26.7 Å². The Bertz CT molecular complexity index is 627. The van der Waals surface area contributed by atoms with Crippen molar-refractivity contribution in [3.8, 4) is 0 Å². The van der Waals surface area contributed by atoms with E-state index in [1.807, 2.05) is 11.3 Å². The predicted molar refractivity (Wildman–Crippen MR) is 93.1 cm³/mol. The Kier molecular flexibility index (Phi) is 4.15. The Morgan fingerprint density at radius 3 is 2.86 bits per heavy atom. The van der Waals surface area contributed by atoms with Crippen molar-refractivity contribution in [3.63, 3.8) is 0 Å². The zero-order valence-corrected chi connectivity index (χ0v) is 14.7. The molecule has 2 aromatic heterocycles. The molecule has 0 aromatic carbocycles. The van der Waals surface area contributed by atoms with Gasteiger partial charge in [0.05, 0.1) is 17.9 Å². The van der Waals surface area contributed by atoms with Gasteiger partial charge in [-0.25, -0.2) is 9.97 Å². The maximum Gasteiger partial charge on any atom is 0.185 e. The van der Waals surface area contributed by atoms with Gasteiger partial charge < -0.3 is 4.90 Å². The van der Waals surface area contributed by atoms with Crippen LogP contribution < -0.4 is 4.90 Å². The molecular formula is C16H22N4S2. The van der Waals surface area contributed by atoms with E-state index in [1.54, 1.807) is 16.2 Å². The van der Waals surface area contributed by atoms with E-state index in [-0.39, 0.29) is 0 Å². The number of anilines is 1. The minimum Gasteiger partial charge on any atom is -0.347 e. The number of fused-ring (bicyclic) bond motifs is 1. The molecule has 4 nitrogen and oxygen atoms in total. The molecule has 1 aliphatic carbocycles. The van der Waals surface area contributed by atoms with Gasteiger partial charge in [0, 0.05) is 36.4 Å². The lowest BCUT2D eigenvalue weighted by Crippen LogP contribution is -2.30. The second kappa shape index (κ2) is 6.26. The lowest BCUT2D eigenvalue weighted by molar-refractivity contribution is 0.285. The van der Waals surface area contributed by atoms with Crippen LogP contribution in [0.2, 0.25) is 0 Å². The van der Waals surface area contributed by atoms with Crippen LogP contribution >= 0.6 is 22.7 Å². The van der Waals surface area contributed by atoms with Crippen molar-refractivity contribution in [2.75, 3.05) is 31.1 Å². The Balaban J connectivity index is 1.38. The quantitative estimate of drug-likeness (QED) is 0.863. The van der Waals surface area contributed by atoms with Crippen LogP contribution in [-0.2, 0) is 19.4 Å². The monoisotopic (exact) mass is 334 g/mol. The van der Waals surface area contributed by atoms with Crippen molar-refractivity contribution in [2.24, 2.45) is 0 Å². The first-order valence-corrected chi connectivity index (χ1v) is 9.84. The predicted octanol–water partition coefficient (Wildman–Crippen LogP) is 3.11. The first-order chi connectivity index (χ1) is 10.8. The van der Waals surface area contributed by atoms with Gasteiger partial charge in [0.1, 0.15) is 5.01 Å². The molecule has 118 valence electrons. The van der Waals surface area contributed by atoms with Crippen LogP contribution in [0.15, 0.2) is 5.38 Å². The molecule has 0 bridgehead atoms. The summed E-state index contributed by atoms with van der Waals surface area (Å²) in [6, 6.07) is 0. The highest BCUT2D eigenvalue weighted by atomic mass is 32.1. The summed E-state index contributed by atoms with van der Waals surface area (Å²) in [4.78, 5) is 16.0. The number of nitrogens with zero attached hydrogens (tertiary/aromatic N) is 4. The summed E-state index contributed by atoms with van der Waals surface area (Å²) in [5.74, 6) is 0. The van der Waals surface area contributed by atoms with Crippen LogP contribution in [0.4, 0.5) is 5.13 Å². The van der Waals surface area contributed by atoms with E-state index in [0.29, 0.717) is 0 Å². The molecule has 1 saturated heterocycles. The van der Waals surface area contributed by atoms with Gasteiger partial charge in [0.25, 0.3) is 0 Å². The number of aryl methyl sites for hydroxylation is 3. The van der Waals surface area contributed by atoms with Crippen LogP contribution in [0.1, 0.15) is 34.1 Å². The van der Waals surface area contributed by atoms with Crippen molar-refractivity contribution in [1.82, 2.24) is 14.9 Å². The van der Waals surface area contributed by atoms with Crippen LogP contribution in [0.5, 0.6) is 0 Å². The molecule has 4 rings (SSSR count). The molecule has 3 heterocycles. The number of thiazole rings is 2. The summed E-state index contributed by atoms with van der Waals surface area (Å²) in [7, 11) is 0. The first-order valence-electron chi connectivity index (χ1n) is 8.15. The summed E-state index contributed by atoms with van der Waals surface area (Å²) in [6.45, 7) is 7.60. The van der Waals surface area contributed by atoms with Gasteiger partial charge in [-0.2, -0.15) is 0 Å². The summed E-state index contributed by atoms with van der Waals surface area (Å²) >= 11 is 3.72. The fourth-order valence-corrected chi connectivity index (χ4v) is 5.37. The minimum atomic E-state index is 1.03. The smallest absolute Gasteiger partial charge is 0.185 e. The SMILES string of the molecule is Cc1csc(N2CCCN(Cc3nc4c(s3)CCC4)CC2)n1. The maximum atomic E-state index is 4.85. The molecule has 0 amide bonds. The third-order valence-corrected chi connectivity index (χ3v) is 6.63. The number of hydrogen-bond donors (Lipinski definition) is 0. The van der Waals surface area contributed by atoms with E-state index in [2.05, 4.69) is 27.1 Å². The lowest BCUT2D eigenvalue weighted by atomic mass is 10.3. The molecule has 0 radical (unpaired) electrons. The standard InChI is InChI=1S/C16H22N4S2/c1-12-11-21-16(17-12)20-7-3-6-19(8-9-20)10-15-18-13-4-2-5-14(13)22-15/h11H,2-10H2,1H3. The largest absolute Gasteiger partial charge is 0.347 e. The Labute approximate surface area is 139 Å². The van der Waals surface area contributed by atoms with Crippen LogP contribution in [0, 0.1) is 6.92 Å². The van der Waals surface area contributed by atoms with E-state index in [9.17, 15) is 0 Å². The topological polar surface area (TPSA) is 32.3 Å². The molecule has 22 heavy (non-hydrogen) atoms. The summed E-state index contributed by atoms with van der Waals surface area (Å²) < 4.78 is 0. The van der Waals surface area contributed by atoms with Gasteiger partial charge in [-0.15, -0.1) is 22.7 Å². The van der Waals surface area contributed by atoms with Crippen molar-refractivity contribution in [2.45, 2.75) is 39.2 Å². The number of rotatable bonds is 3. The van der Waals surface area contributed by atoms with E-state index in [0.717, 1.165) is 31.9 Å². The van der Waals surface area contributed by atoms with Crippen LogP contribution in [0.3, 0.4) is 0 Å². The van der Waals surface area contributed by atoms with Gasteiger partial charge in [-0.1, -0.05) is 0 Å². The zero-order valence-electron chi connectivity index (χ0n) is 13.0. The van der Waals surface area contributed by atoms with Gasteiger partial charge in [-0.3, -0.25) is 4.90 Å². The van der Waals surface area contributed by atoms with E-state index >= 15 is 0 Å². The Morgan fingerprint density at radius 2 is 2.05 bits per heavy atom. The molecule has 6 heteroatoms. The molecule has 0 spiro atoms. The molecule has 0 unspecified atom stereocenters. The highest BCUT2D eigenvalue weighted by Gasteiger charge is 2.20. The molecule has 0 atom stereocenters. The van der Waals surface area contributed by atoms with E-state index in [1.165, 1.54) is 48.1 Å². The van der Waals surface area contributed by atoms with Gasteiger partial charge >= 0.3 is 0 Å². The molecule has 2 aromatic rings. The lowest BCUT2D eigenvalue weighted by Gasteiger charge is -2.20. The highest BCUT2D eigenvalue weighted by molar-refractivity contribution is 7.13. The highest BCUT2D eigenvalue weighted by Crippen LogP contribution is 2.28. The number of aromatic nitrogens is 2. The summed E-state index contributed by atoms with van der Waals surface area (Å²) in [5, 5.41) is 4.66. The third-order valence-electron chi connectivity index (χ3n) is 4.46. The van der Waals surface area contributed by atoms with Crippen LogP contribution in [0.25, 0.3) is 0 Å². The second-order valence-corrected chi connectivity index (χ2v) is 8.22. The van der Waals surface area contributed by atoms with Gasteiger partial charge in [0.2, 0.25) is 0 Å². The average molecular weight is 335 g/mol. The van der Waals surface area contributed by atoms with Crippen molar-refractivity contribution >= 4 is 27.8 Å². The van der Waals surface area contributed by atoms with E-state index < -0.39 is 0 Å². The zero-order chi connectivity index (χ0) is 14.9. The Hall–Kier alpha value is -0.980. The molecule has 0 saturated carbocycles. The third kappa shape index (κ3) is 3.05. The molecular weight excluding hydrogens is 312 g/mol. The van der Waals surface area contributed by atoms with Gasteiger partial charge in [-0.05, 0) is 32.6 Å². The molecule has 0 N–H and O–H groups in total. The van der Waals surface area contributed by atoms with E-state index in [4.69, 9.17) is 4.98 Å². The summed E-state index contributed by atoms with van der Waals surface area (Å²) in [5.41, 5.74) is 2.52. The van der Waals surface area contributed by atoms with Gasteiger partial charge in [0.15, 0.2) is 5.13 Å². The summed E-state index contributed by atoms with van der Waals surface area (Å²) in [6.07, 6.45) is 4.97. The fourth-order valence-electron chi connectivity index (χ4n) is 3.31. The molecule has 1 aliphatic heterocycles. The van der Waals surface area contributed by atoms with Crippen molar-refractivity contribution < 1.29 is 0 Å². The average Bonchev–Trinajstić information content (AvgIpc) is 3.14. The normalized spacial score (nSPS) is 19.4. The molecule has 1 fully saturated rings. The fraction of sp³-hybridized carbons (Fsp3) is 0.625.